The predicted octanol–water partition coefficient (Wildman–Crippen LogP) is 2.09. The molecule has 0 aliphatic rings. The number of rotatable bonds is 17. The minimum Gasteiger partial charge on any atom is -0.393 e. The summed E-state index contributed by atoms with van der Waals surface area (Å²) in [5.74, 6) is 0. The molecule has 0 spiro atoms. The average Bonchev–Trinajstić information content (AvgIpc) is 2.68. The lowest BCUT2D eigenvalue weighted by atomic mass is 9.54. The van der Waals surface area contributed by atoms with Crippen molar-refractivity contribution in [2.45, 2.75) is 66.5 Å². The summed E-state index contributed by atoms with van der Waals surface area (Å²) in [6.45, 7) is 20.6. The van der Waals surface area contributed by atoms with Crippen LogP contribution >= 0.6 is 0 Å². The molecule has 0 fully saturated rings. The van der Waals surface area contributed by atoms with Crippen LogP contribution in [-0.2, 0) is 0 Å². The smallest absolute Gasteiger partial charge is 0.132 e. The fourth-order valence-electron chi connectivity index (χ4n) is 4.30. The van der Waals surface area contributed by atoms with Crippen LogP contribution in [0.2, 0.25) is 0 Å². The predicted molar refractivity (Wildman–Crippen MR) is 121 cm³/mol. The van der Waals surface area contributed by atoms with Crippen LogP contribution in [0, 0.1) is 0 Å². The molecule has 0 aromatic rings. The van der Waals surface area contributed by atoms with Gasteiger partial charge < -0.3 is 30.6 Å². The Hall–Kier alpha value is -1.80. The molecule has 0 aromatic heterocycles. The van der Waals surface area contributed by atoms with Gasteiger partial charge in [0.25, 0.3) is 0 Å². The third kappa shape index (κ3) is 4.44. The molecule has 30 heavy (non-hydrogen) atoms. The van der Waals surface area contributed by atoms with E-state index in [1.54, 1.807) is 0 Å². The van der Waals surface area contributed by atoms with Gasteiger partial charge in [0.05, 0.1) is 6.61 Å². The van der Waals surface area contributed by atoms with E-state index in [2.05, 4.69) is 39.5 Å². The maximum atomic E-state index is 12.0. The van der Waals surface area contributed by atoms with Crippen LogP contribution in [0.3, 0.4) is 0 Å². The fourth-order valence-corrected chi connectivity index (χ4v) is 4.30. The van der Waals surface area contributed by atoms with E-state index in [0.717, 1.165) is 0 Å². The van der Waals surface area contributed by atoms with Gasteiger partial charge in [0.1, 0.15) is 28.0 Å². The Bertz CT molecular complexity index is 634. The van der Waals surface area contributed by atoms with Crippen LogP contribution in [0.4, 0.5) is 0 Å². The Balaban J connectivity index is 7.39. The lowest BCUT2D eigenvalue weighted by Crippen LogP contribution is -2.80. The van der Waals surface area contributed by atoms with E-state index in [0.29, 0.717) is 0 Å². The van der Waals surface area contributed by atoms with Gasteiger partial charge in [-0.3, -0.25) is 0 Å². The second-order valence-corrected chi connectivity index (χ2v) is 7.76. The van der Waals surface area contributed by atoms with Gasteiger partial charge in [0, 0.05) is 0 Å². The molecule has 0 saturated heterocycles. The zero-order valence-corrected chi connectivity index (χ0v) is 17.8. The normalized spacial score (nSPS) is 19.8. The molecule has 0 amide bonds. The molecular formula is C24H38O6. The summed E-state index contributed by atoms with van der Waals surface area (Å²) in [5.41, 5.74) is -12.1. The van der Waals surface area contributed by atoms with Crippen molar-refractivity contribution in [1.29, 1.82) is 0 Å². The van der Waals surface area contributed by atoms with Crippen LogP contribution < -0.4 is 0 Å². The Morgan fingerprint density at radius 1 is 0.433 bits per heavy atom. The highest BCUT2D eigenvalue weighted by Crippen LogP contribution is 2.53. The quantitative estimate of drug-likeness (QED) is 0.200. The molecule has 0 unspecified atom stereocenters. The second-order valence-electron chi connectivity index (χ2n) is 7.76. The molecule has 6 N–H and O–H groups in total. The molecule has 0 heterocycles. The summed E-state index contributed by atoms with van der Waals surface area (Å²) in [5, 5.41) is 68.4. The van der Waals surface area contributed by atoms with Crippen molar-refractivity contribution >= 4 is 0 Å². The zero-order chi connectivity index (χ0) is 23.7. The van der Waals surface area contributed by atoms with Crippen LogP contribution in [-0.4, -0.2) is 65.3 Å². The van der Waals surface area contributed by atoms with E-state index >= 15 is 0 Å². The number of aliphatic hydroxyl groups excluding tert-OH is 1. The molecule has 6 heteroatoms. The fraction of sp³-hybridized carbons (Fsp3) is 0.500. The molecule has 0 radical (unpaired) electrons. The summed E-state index contributed by atoms with van der Waals surface area (Å²) in [6, 6.07) is 0. The van der Waals surface area contributed by atoms with Crippen LogP contribution in [0.15, 0.2) is 75.9 Å². The Morgan fingerprint density at radius 2 is 0.700 bits per heavy atom. The van der Waals surface area contributed by atoms with Gasteiger partial charge in [-0.1, -0.05) is 36.5 Å². The van der Waals surface area contributed by atoms with Crippen molar-refractivity contribution in [3.05, 3.63) is 75.9 Å². The minimum atomic E-state index is -2.62. The molecule has 170 valence electrons. The van der Waals surface area contributed by atoms with Crippen LogP contribution in [0.5, 0.6) is 0 Å². The van der Waals surface area contributed by atoms with Gasteiger partial charge in [-0.05, 0) is 38.5 Å². The average molecular weight is 423 g/mol. The summed E-state index contributed by atoms with van der Waals surface area (Å²) in [7, 11) is 0. The molecule has 0 bridgehead atoms. The summed E-state index contributed by atoms with van der Waals surface area (Å²) in [4.78, 5) is 0. The van der Waals surface area contributed by atoms with E-state index in [1.165, 1.54) is 36.5 Å². The van der Waals surface area contributed by atoms with E-state index in [4.69, 9.17) is 0 Å². The van der Waals surface area contributed by atoms with Gasteiger partial charge in [0.2, 0.25) is 0 Å². The highest BCUT2D eigenvalue weighted by atomic mass is 16.4. The van der Waals surface area contributed by atoms with E-state index in [1.807, 2.05) is 0 Å². The van der Waals surface area contributed by atoms with Crippen molar-refractivity contribution in [1.82, 2.24) is 0 Å². The Labute approximate surface area is 180 Å². The molecule has 0 aromatic carbocycles. The zero-order valence-electron chi connectivity index (χ0n) is 17.8. The molecule has 6 nitrogen and oxygen atoms in total. The first-order valence-corrected chi connectivity index (χ1v) is 9.81. The Morgan fingerprint density at radius 3 is 1.00 bits per heavy atom. The van der Waals surface area contributed by atoms with Gasteiger partial charge >= 0.3 is 0 Å². The second kappa shape index (κ2) is 11.0. The first-order chi connectivity index (χ1) is 13.9. The van der Waals surface area contributed by atoms with Crippen molar-refractivity contribution in [3.63, 3.8) is 0 Å². The number of hydrogen-bond acceptors (Lipinski definition) is 6. The van der Waals surface area contributed by atoms with Gasteiger partial charge in [-0.15, -0.1) is 39.5 Å². The lowest BCUT2D eigenvalue weighted by Gasteiger charge is -2.61. The maximum absolute atomic E-state index is 12.0. The van der Waals surface area contributed by atoms with Gasteiger partial charge in [-0.2, -0.15) is 0 Å². The highest BCUT2D eigenvalue weighted by Gasteiger charge is 2.71. The summed E-state index contributed by atoms with van der Waals surface area (Å²) >= 11 is 0. The maximum Gasteiger partial charge on any atom is 0.132 e. The summed E-state index contributed by atoms with van der Waals surface area (Å²) in [6.07, 6.45) is 5.85. The Kier molecular flexibility index (Phi) is 10.3. The van der Waals surface area contributed by atoms with E-state index in [-0.39, 0.29) is 25.7 Å². The minimum absolute atomic E-state index is 0.175. The first kappa shape index (κ1) is 28.2. The SMILES string of the molecule is C=CCC(O)(CC=C)[C@@](O)(CC=C)[C@](O)(CC=C)[C@@](O)(CC=C)[C@](O)(CO)CC=C. The van der Waals surface area contributed by atoms with Gasteiger partial charge in [0.15, 0.2) is 0 Å². The van der Waals surface area contributed by atoms with Crippen LogP contribution in [0.1, 0.15) is 38.5 Å². The number of hydrogen-bond donors (Lipinski definition) is 6. The third-order valence-corrected chi connectivity index (χ3v) is 5.93. The first-order valence-electron chi connectivity index (χ1n) is 9.81. The molecule has 0 aliphatic heterocycles. The molecule has 4 atom stereocenters. The van der Waals surface area contributed by atoms with E-state index in [9.17, 15) is 30.6 Å². The lowest BCUT2D eigenvalue weighted by molar-refractivity contribution is -0.335. The van der Waals surface area contributed by atoms with Crippen molar-refractivity contribution in [2.75, 3.05) is 6.61 Å². The molecule has 0 aliphatic carbocycles. The summed E-state index contributed by atoms with van der Waals surface area (Å²) < 4.78 is 0. The highest BCUT2D eigenvalue weighted by molar-refractivity contribution is 5.28. The largest absolute Gasteiger partial charge is 0.393 e. The standard InChI is InChI=1S/C24H38O6/c1-7-13-20(26,14-8-2)22(28,16-10-4)24(30,18-12-6)23(29,17-11-5)21(27,19-25)15-9-3/h7-12,25-30H,1-6,13-19H2/t21-,22+,23-,24-/m1/s1. The molecule has 0 saturated carbocycles. The monoisotopic (exact) mass is 422 g/mol. The van der Waals surface area contributed by atoms with Crippen molar-refractivity contribution < 1.29 is 30.6 Å². The van der Waals surface area contributed by atoms with Gasteiger partial charge in [-0.25, -0.2) is 0 Å². The molecular weight excluding hydrogens is 384 g/mol. The van der Waals surface area contributed by atoms with Crippen LogP contribution in [0.25, 0.3) is 0 Å². The molecule has 0 rings (SSSR count). The van der Waals surface area contributed by atoms with Crippen molar-refractivity contribution in [2.24, 2.45) is 0 Å². The third-order valence-electron chi connectivity index (χ3n) is 5.93. The topological polar surface area (TPSA) is 121 Å². The van der Waals surface area contributed by atoms with Crippen molar-refractivity contribution in [3.8, 4) is 0 Å². The number of aliphatic hydroxyl groups is 6. The van der Waals surface area contributed by atoms with E-state index < -0.39 is 47.5 Å².